The second-order valence-electron chi connectivity index (χ2n) is 4.88. The van der Waals surface area contributed by atoms with Gasteiger partial charge in [-0.2, -0.15) is 13.2 Å². The van der Waals surface area contributed by atoms with Gasteiger partial charge in [-0.3, -0.25) is 9.78 Å². The quantitative estimate of drug-likeness (QED) is 0.756. The first-order valence-corrected chi connectivity index (χ1v) is 6.78. The molecule has 6 heteroatoms. The molecule has 0 aliphatic rings. The van der Waals surface area contributed by atoms with Gasteiger partial charge in [-0.25, -0.2) is 0 Å². The van der Waals surface area contributed by atoms with Crippen LogP contribution in [0.15, 0.2) is 60.8 Å². The number of halogens is 3. The monoisotopic (exact) mass is 316 g/mol. The van der Waals surface area contributed by atoms with Crippen LogP contribution in [-0.4, -0.2) is 10.9 Å². The van der Waals surface area contributed by atoms with Crippen LogP contribution in [0.2, 0.25) is 0 Å². The number of anilines is 1. The lowest BCUT2D eigenvalue weighted by Crippen LogP contribution is -2.17. The number of amides is 1. The number of rotatable bonds is 2. The van der Waals surface area contributed by atoms with Crippen molar-refractivity contribution in [1.29, 1.82) is 0 Å². The standard InChI is InChI=1S/C17H11F3N2O/c18-17(19,20)13-8-1-2-9-14(13)22-16(23)12-7-3-5-11-6-4-10-21-15(11)12/h1-10H,(H,22,23). The van der Waals surface area contributed by atoms with Gasteiger partial charge < -0.3 is 5.32 Å². The van der Waals surface area contributed by atoms with Crippen molar-refractivity contribution < 1.29 is 18.0 Å². The summed E-state index contributed by atoms with van der Waals surface area (Å²) in [6.45, 7) is 0. The van der Waals surface area contributed by atoms with Gasteiger partial charge in [0.1, 0.15) is 0 Å². The van der Waals surface area contributed by atoms with Gasteiger partial charge in [-0.15, -0.1) is 0 Å². The van der Waals surface area contributed by atoms with Crippen LogP contribution in [0.5, 0.6) is 0 Å². The molecule has 0 atom stereocenters. The van der Waals surface area contributed by atoms with E-state index in [1.54, 1.807) is 24.3 Å². The SMILES string of the molecule is O=C(Nc1ccccc1C(F)(F)F)c1cccc2cccnc12. The Bertz CT molecular complexity index is 870. The fraction of sp³-hybridized carbons (Fsp3) is 0.0588. The molecule has 0 aliphatic heterocycles. The average Bonchev–Trinajstić information content (AvgIpc) is 2.54. The van der Waals surface area contributed by atoms with Crippen LogP contribution in [0, 0.1) is 0 Å². The molecule has 3 nitrogen and oxygen atoms in total. The molecule has 3 aromatic rings. The fourth-order valence-electron chi connectivity index (χ4n) is 2.32. The second kappa shape index (κ2) is 5.72. The Morgan fingerprint density at radius 1 is 0.957 bits per heavy atom. The largest absolute Gasteiger partial charge is 0.418 e. The summed E-state index contributed by atoms with van der Waals surface area (Å²) in [5, 5.41) is 3.07. The molecule has 2 aromatic carbocycles. The molecule has 0 spiro atoms. The molecule has 23 heavy (non-hydrogen) atoms. The van der Waals surface area contributed by atoms with Crippen LogP contribution in [0.4, 0.5) is 18.9 Å². The van der Waals surface area contributed by atoms with Gasteiger partial charge in [0.2, 0.25) is 0 Å². The molecule has 116 valence electrons. The number of pyridine rings is 1. The molecule has 1 aromatic heterocycles. The lowest BCUT2D eigenvalue weighted by Gasteiger charge is -2.14. The van der Waals surface area contributed by atoms with Crippen LogP contribution < -0.4 is 5.32 Å². The molecule has 1 heterocycles. The molecular formula is C17H11F3N2O. The minimum atomic E-state index is -4.54. The van der Waals surface area contributed by atoms with E-state index in [1.165, 1.54) is 30.5 Å². The summed E-state index contributed by atoms with van der Waals surface area (Å²) in [6, 6.07) is 13.3. The molecule has 1 N–H and O–H groups in total. The summed E-state index contributed by atoms with van der Waals surface area (Å²) in [5.41, 5.74) is -0.503. The first-order valence-electron chi connectivity index (χ1n) is 6.78. The molecule has 3 rings (SSSR count). The van der Waals surface area contributed by atoms with Gasteiger partial charge in [0.05, 0.1) is 22.3 Å². The number of carbonyl (C=O) groups is 1. The van der Waals surface area contributed by atoms with Crippen LogP contribution in [0.1, 0.15) is 15.9 Å². The lowest BCUT2D eigenvalue weighted by atomic mass is 10.1. The van der Waals surface area contributed by atoms with Crippen molar-refractivity contribution in [2.45, 2.75) is 6.18 Å². The fourth-order valence-corrected chi connectivity index (χ4v) is 2.32. The summed E-state index contributed by atoms with van der Waals surface area (Å²) in [5.74, 6) is -0.633. The maximum absolute atomic E-state index is 13.0. The third kappa shape index (κ3) is 3.01. The minimum Gasteiger partial charge on any atom is -0.321 e. The highest BCUT2D eigenvalue weighted by molar-refractivity contribution is 6.12. The van der Waals surface area contributed by atoms with Gasteiger partial charge in [0.15, 0.2) is 0 Å². The number of nitrogens with zero attached hydrogens (tertiary/aromatic N) is 1. The number of alkyl halides is 3. The van der Waals surface area contributed by atoms with Gasteiger partial charge >= 0.3 is 6.18 Å². The van der Waals surface area contributed by atoms with E-state index in [0.29, 0.717) is 5.52 Å². The lowest BCUT2D eigenvalue weighted by molar-refractivity contribution is -0.136. The van der Waals surface area contributed by atoms with Crippen LogP contribution in [-0.2, 0) is 6.18 Å². The number of fused-ring (bicyclic) bond motifs is 1. The highest BCUT2D eigenvalue weighted by atomic mass is 19.4. The Labute approximate surface area is 129 Å². The predicted octanol–water partition coefficient (Wildman–Crippen LogP) is 4.51. The molecule has 0 unspecified atom stereocenters. The summed E-state index contributed by atoms with van der Waals surface area (Å²) in [4.78, 5) is 16.5. The van der Waals surface area contributed by atoms with Gasteiger partial charge in [0.25, 0.3) is 5.91 Å². The molecule has 1 amide bonds. The molecule has 0 radical (unpaired) electrons. The first-order chi connectivity index (χ1) is 11.0. The summed E-state index contributed by atoms with van der Waals surface area (Å²) in [7, 11) is 0. The second-order valence-corrected chi connectivity index (χ2v) is 4.88. The number of nitrogens with one attached hydrogen (secondary N) is 1. The Morgan fingerprint density at radius 2 is 1.70 bits per heavy atom. The molecule has 0 fully saturated rings. The number of carbonyl (C=O) groups excluding carboxylic acids is 1. The van der Waals surface area contributed by atoms with Crippen molar-refractivity contribution in [2.24, 2.45) is 0 Å². The van der Waals surface area contributed by atoms with Gasteiger partial charge in [0, 0.05) is 11.6 Å². The molecule has 0 aliphatic carbocycles. The summed E-state index contributed by atoms with van der Waals surface area (Å²) in [6.07, 6.45) is -3.01. The zero-order valence-electron chi connectivity index (χ0n) is 11.8. The third-order valence-corrected chi connectivity index (χ3v) is 3.36. The van der Waals surface area contributed by atoms with Crippen molar-refractivity contribution in [3.8, 4) is 0 Å². The average molecular weight is 316 g/mol. The number of hydrogen-bond donors (Lipinski definition) is 1. The Balaban J connectivity index is 2.00. The normalized spacial score (nSPS) is 11.4. The van der Waals surface area contributed by atoms with Gasteiger partial charge in [-0.1, -0.05) is 30.3 Å². The number of para-hydroxylation sites is 2. The Kier molecular flexibility index (Phi) is 3.73. The number of benzene rings is 2. The van der Waals surface area contributed by atoms with Crippen molar-refractivity contribution in [3.05, 3.63) is 71.9 Å². The molecule has 0 saturated heterocycles. The van der Waals surface area contributed by atoms with E-state index in [0.717, 1.165) is 11.5 Å². The first kappa shape index (κ1) is 15.0. The Morgan fingerprint density at radius 3 is 2.48 bits per heavy atom. The van der Waals surface area contributed by atoms with Crippen molar-refractivity contribution >= 4 is 22.5 Å². The topological polar surface area (TPSA) is 42.0 Å². The predicted molar refractivity (Wildman–Crippen MR) is 81.1 cm³/mol. The highest BCUT2D eigenvalue weighted by Crippen LogP contribution is 2.34. The van der Waals surface area contributed by atoms with Crippen molar-refractivity contribution in [2.75, 3.05) is 5.32 Å². The molecule has 0 bridgehead atoms. The summed E-state index contributed by atoms with van der Waals surface area (Å²) >= 11 is 0. The van der Waals surface area contributed by atoms with Crippen molar-refractivity contribution in [3.63, 3.8) is 0 Å². The van der Waals surface area contributed by atoms with E-state index >= 15 is 0 Å². The molecular weight excluding hydrogens is 305 g/mol. The zero-order valence-corrected chi connectivity index (χ0v) is 11.8. The van der Waals surface area contributed by atoms with Crippen molar-refractivity contribution in [1.82, 2.24) is 4.98 Å². The molecule has 0 saturated carbocycles. The van der Waals surface area contributed by atoms with E-state index in [4.69, 9.17) is 0 Å². The van der Waals surface area contributed by atoms with E-state index in [2.05, 4.69) is 10.3 Å². The Hall–Kier alpha value is -2.89. The maximum atomic E-state index is 13.0. The zero-order chi connectivity index (χ0) is 16.4. The minimum absolute atomic E-state index is 0.222. The van der Waals surface area contributed by atoms with Crippen LogP contribution >= 0.6 is 0 Å². The summed E-state index contributed by atoms with van der Waals surface area (Å²) < 4.78 is 39.0. The van der Waals surface area contributed by atoms with E-state index < -0.39 is 17.6 Å². The van der Waals surface area contributed by atoms with Crippen LogP contribution in [0.25, 0.3) is 10.9 Å². The highest BCUT2D eigenvalue weighted by Gasteiger charge is 2.33. The van der Waals surface area contributed by atoms with E-state index in [-0.39, 0.29) is 11.3 Å². The number of aromatic nitrogens is 1. The van der Waals surface area contributed by atoms with Crippen LogP contribution in [0.3, 0.4) is 0 Å². The van der Waals surface area contributed by atoms with E-state index in [1.807, 2.05) is 0 Å². The smallest absolute Gasteiger partial charge is 0.321 e. The number of hydrogen-bond acceptors (Lipinski definition) is 2. The van der Waals surface area contributed by atoms with E-state index in [9.17, 15) is 18.0 Å². The maximum Gasteiger partial charge on any atom is 0.418 e. The third-order valence-electron chi connectivity index (χ3n) is 3.36. The van der Waals surface area contributed by atoms with Gasteiger partial charge in [-0.05, 0) is 24.3 Å².